The fourth-order valence-corrected chi connectivity index (χ4v) is 6.27. The molecule has 4 heterocycles. The van der Waals surface area contributed by atoms with Crippen molar-refractivity contribution >= 4 is 51.6 Å². The summed E-state index contributed by atoms with van der Waals surface area (Å²) in [4.78, 5) is 45.8. The van der Waals surface area contributed by atoms with Gasteiger partial charge in [-0.05, 0) is 60.7 Å². The van der Waals surface area contributed by atoms with Crippen molar-refractivity contribution < 1.29 is 23.9 Å². The standard InChI is InChI=1S/C34H34N8O5/c1-18-5-4-6-27(42-12-11-19(15-29(42)43)30-20(17-35)7-9-24-31(30)40-41-32(24)36)26-13-21(14-28(38-26)46-2)23-10-8-22(37-34(45)47-3)16-25(23)39-33(18)44/h7-10,13-16,18,27H,4-6,11-12H2,1-3H3,(H,37,45)(H,39,44)(H3,36,40,41)/t18?,27-/m0/s1. The highest BCUT2D eigenvalue weighted by molar-refractivity contribution is 6.04. The molecule has 2 aromatic carbocycles. The van der Waals surface area contributed by atoms with E-state index in [0.29, 0.717) is 94.2 Å². The molecule has 0 fully saturated rings. The summed E-state index contributed by atoms with van der Waals surface area (Å²) in [6, 6.07) is 14.1. The van der Waals surface area contributed by atoms with Gasteiger partial charge in [0.2, 0.25) is 17.7 Å². The number of methoxy groups -OCH3 is 2. The largest absolute Gasteiger partial charge is 0.481 e. The maximum absolute atomic E-state index is 14.0. The highest BCUT2D eigenvalue weighted by Gasteiger charge is 2.31. The zero-order valence-corrected chi connectivity index (χ0v) is 26.2. The molecule has 2 atom stereocenters. The lowest BCUT2D eigenvalue weighted by Crippen LogP contribution is -2.38. The van der Waals surface area contributed by atoms with E-state index in [4.69, 9.17) is 20.2 Å². The number of carbonyl (C=O) groups excluding carboxylic acids is 3. The number of aromatic amines is 1. The summed E-state index contributed by atoms with van der Waals surface area (Å²) in [5.74, 6) is -0.0271. The van der Waals surface area contributed by atoms with Crippen LogP contribution in [-0.4, -0.2) is 58.8 Å². The van der Waals surface area contributed by atoms with Crippen LogP contribution in [0, 0.1) is 17.2 Å². The number of nitrogens with one attached hydrogen (secondary N) is 3. The molecule has 47 heavy (non-hydrogen) atoms. The minimum absolute atomic E-state index is 0.164. The Kier molecular flexibility index (Phi) is 8.50. The lowest BCUT2D eigenvalue weighted by molar-refractivity contribution is -0.129. The average molecular weight is 635 g/mol. The van der Waals surface area contributed by atoms with Gasteiger partial charge in [-0.15, -0.1) is 0 Å². The molecule has 2 aromatic heterocycles. The molecule has 0 saturated carbocycles. The lowest BCUT2D eigenvalue weighted by Gasteiger charge is -2.35. The van der Waals surface area contributed by atoms with Crippen molar-refractivity contribution in [2.75, 3.05) is 37.1 Å². The van der Waals surface area contributed by atoms with E-state index in [0.717, 1.165) is 5.57 Å². The third-order valence-corrected chi connectivity index (χ3v) is 8.74. The monoisotopic (exact) mass is 634 g/mol. The molecule has 13 heteroatoms. The van der Waals surface area contributed by atoms with Gasteiger partial charge in [0.1, 0.15) is 0 Å². The van der Waals surface area contributed by atoms with Gasteiger partial charge in [0, 0.05) is 46.8 Å². The second-order valence-corrected chi connectivity index (χ2v) is 11.6. The highest BCUT2D eigenvalue weighted by Crippen LogP contribution is 2.39. The summed E-state index contributed by atoms with van der Waals surface area (Å²) in [5, 5.41) is 23.3. The maximum atomic E-state index is 14.0. The van der Waals surface area contributed by atoms with Crippen LogP contribution in [0.4, 0.5) is 22.0 Å². The van der Waals surface area contributed by atoms with Crippen molar-refractivity contribution in [2.45, 2.75) is 38.6 Å². The van der Waals surface area contributed by atoms with E-state index in [1.165, 1.54) is 14.2 Å². The number of rotatable bonds is 4. The number of nitriles is 1. The Labute approximate surface area is 270 Å². The molecule has 13 nitrogen and oxygen atoms in total. The predicted molar refractivity (Wildman–Crippen MR) is 176 cm³/mol. The first-order valence-electron chi connectivity index (χ1n) is 15.2. The number of ether oxygens (including phenoxy) is 2. The summed E-state index contributed by atoms with van der Waals surface area (Å²) < 4.78 is 10.3. The second kappa shape index (κ2) is 12.8. The van der Waals surface area contributed by atoms with Crippen LogP contribution in [0.15, 0.2) is 48.5 Å². The van der Waals surface area contributed by atoms with Gasteiger partial charge in [0.15, 0.2) is 5.82 Å². The van der Waals surface area contributed by atoms with Gasteiger partial charge in [0.25, 0.3) is 0 Å². The number of nitrogens with zero attached hydrogens (tertiary/aromatic N) is 4. The molecule has 3 amide bonds. The molecule has 4 aromatic rings. The molecule has 2 aliphatic heterocycles. The summed E-state index contributed by atoms with van der Waals surface area (Å²) in [5.41, 5.74) is 11.4. The van der Waals surface area contributed by atoms with E-state index in [9.17, 15) is 19.6 Å². The van der Waals surface area contributed by atoms with Gasteiger partial charge >= 0.3 is 6.09 Å². The number of nitrogen functional groups attached to an aromatic ring is 1. The summed E-state index contributed by atoms with van der Waals surface area (Å²) in [6.45, 7) is 2.24. The van der Waals surface area contributed by atoms with Crippen LogP contribution < -0.4 is 21.1 Å². The first-order chi connectivity index (χ1) is 22.7. The summed E-state index contributed by atoms with van der Waals surface area (Å²) in [7, 11) is 2.80. The van der Waals surface area contributed by atoms with E-state index >= 15 is 0 Å². The lowest BCUT2D eigenvalue weighted by atomic mass is 9.90. The van der Waals surface area contributed by atoms with Crippen LogP contribution in [0.25, 0.3) is 27.6 Å². The molecule has 0 spiro atoms. The predicted octanol–water partition coefficient (Wildman–Crippen LogP) is 5.38. The molecule has 5 N–H and O–H groups in total. The Morgan fingerprint density at radius 3 is 2.72 bits per heavy atom. The molecule has 0 radical (unpaired) electrons. The average Bonchev–Trinajstić information content (AvgIpc) is 3.45. The number of pyridine rings is 1. The Bertz CT molecular complexity index is 1980. The maximum Gasteiger partial charge on any atom is 0.411 e. The van der Waals surface area contributed by atoms with E-state index < -0.39 is 12.1 Å². The molecule has 2 bridgehead atoms. The summed E-state index contributed by atoms with van der Waals surface area (Å²) >= 11 is 0. The SMILES string of the molecule is COC(=O)Nc1ccc2c(c1)NC(=O)C(C)CCC[C@H](N1CCC(c3c(C#N)ccc4c(N)n[nH]c34)=CC1=O)c1cc-2cc(OC)n1. The Morgan fingerprint density at radius 2 is 1.98 bits per heavy atom. The molecular formula is C34H34N8O5. The zero-order valence-electron chi connectivity index (χ0n) is 26.2. The highest BCUT2D eigenvalue weighted by atomic mass is 16.5. The molecule has 0 saturated heterocycles. The van der Waals surface area contributed by atoms with Crippen LogP contribution in [-0.2, 0) is 14.3 Å². The van der Waals surface area contributed by atoms with Crippen LogP contribution in [0.2, 0.25) is 0 Å². The minimum Gasteiger partial charge on any atom is -0.481 e. The molecule has 1 unspecified atom stereocenters. The third kappa shape index (κ3) is 6.05. The number of carbonyl (C=O) groups is 3. The van der Waals surface area contributed by atoms with E-state index in [1.54, 1.807) is 47.4 Å². The van der Waals surface area contributed by atoms with Gasteiger partial charge in [-0.2, -0.15) is 10.4 Å². The third-order valence-electron chi connectivity index (χ3n) is 8.74. The first-order valence-corrected chi connectivity index (χ1v) is 15.2. The molecule has 240 valence electrons. The smallest absolute Gasteiger partial charge is 0.411 e. The Balaban J connectivity index is 1.42. The van der Waals surface area contributed by atoms with Gasteiger partial charge < -0.3 is 25.4 Å². The normalized spacial score (nSPS) is 18.2. The number of hydrogen-bond donors (Lipinski definition) is 4. The Hall–Kier alpha value is -5.90. The van der Waals surface area contributed by atoms with Crippen molar-refractivity contribution in [1.82, 2.24) is 20.1 Å². The van der Waals surface area contributed by atoms with Crippen molar-refractivity contribution in [1.29, 1.82) is 5.26 Å². The number of H-pyrrole nitrogens is 1. The van der Waals surface area contributed by atoms with Crippen LogP contribution >= 0.6 is 0 Å². The van der Waals surface area contributed by atoms with E-state index in [1.807, 2.05) is 13.0 Å². The Morgan fingerprint density at radius 1 is 1.15 bits per heavy atom. The van der Waals surface area contributed by atoms with Crippen molar-refractivity contribution in [2.24, 2.45) is 5.92 Å². The van der Waals surface area contributed by atoms with Crippen LogP contribution in [0.5, 0.6) is 5.88 Å². The van der Waals surface area contributed by atoms with E-state index in [2.05, 4.69) is 26.9 Å². The molecular weight excluding hydrogens is 600 g/mol. The fourth-order valence-electron chi connectivity index (χ4n) is 6.27. The number of benzene rings is 2. The van der Waals surface area contributed by atoms with Gasteiger partial charge in [0.05, 0.1) is 48.8 Å². The molecule has 6 rings (SSSR count). The first kappa shape index (κ1) is 31.1. The number of fused-ring (bicyclic) bond motifs is 5. The van der Waals surface area contributed by atoms with Crippen LogP contribution in [0.1, 0.15) is 55.5 Å². The molecule has 2 aliphatic rings. The van der Waals surface area contributed by atoms with Gasteiger partial charge in [-0.25, -0.2) is 9.78 Å². The second-order valence-electron chi connectivity index (χ2n) is 11.6. The van der Waals surface area contributed by atoms with Gasteiger partial charge in [-0.3, -0.25) is 20.0 Å². The zero-order chi connectivity index (χ0) is 33.2. The van der Waals surface area contributed by atoms with Crippen molar-refractivity contribution in [3.05, 3.63) is 65.4 Å². The van der Waals surface area contributed by atoms with Crippen LogP contribution in [0.3, 0.4) is 0 Å². The number of amides is 3. The molecule has 0 aliphatic carbocycles. The topological polar surface area (TPSA) is 188 Å². The van der Waals surface area contributed by atoms with Crippen molar-refractivity contribution in [3.63, 3.8) is 0 Å². The fraction of sp³-hybridized carbons (Fsp3) is 0.294. The summed E-state index contributed by atoms with van der Waals surface area (Å²) in [6.07, 6.45) is 3.23. The number of nitrogens with two attached hydrogens (primary N) is 1. The number of aromatic nitrogens is 3. The quantitative estimate of drug-likeness (QED) is 0.228. The van der Waals surface area contributed by atoms with E-state index in [-0.39, 0.29) is 17.7 Å². The van der Waals surface area contributed by atoms with Gasteiger partial charge in [-0.1, -0.05) is 19.4 Å². The minimum atomic E-state index is -0.633. The number of anilines is 3. The number of hydrogen-bond acceptors (Lipinski definition) is 9. The van der Waals surface area contributed by atoms with Crippen molar-refractivity contribution in [3.8, 4) is 23.1 Å².